The van der Waals surface area contributed by atoms with Crippen molar-refractivity contribution < 1.29 is 0 Å². The maximum Gasteiger partial charge on any atom is 0.112 e. The van der Waals surface area contributed by atoms with Crippen molar-refractivity contribution in [2.45, 2.75) is 46.1 Å². The molecule has 2 aromatic rings. The van der Waals surface area contributed by atoms with Gasteiger partial charge in [0.15, 0.2) is 0 Å². The smallest absolute Gasteiger partial charge is 0.112 e. The molecule has 0 aliphatic heterocycles. The summed E-state index contributed by atoms with van der Waals surface area (Å²) in [6.45, 7) is 10.6. The summed E-state index contributed by atoms with van der Waals surface area (Å²) in [7, 11) is 0. The van der Waals surface area contributed by atoms with E-state index in [0.717, 1.165) is 35.9 Å². The number of hydrogen-bond donors (Lipinski definition) is 1. The van der Waals surface area contributed by atoms with Gasteiger partial charge >= 0.3 is 0 Å². The average molecular weight is 303 g/mol. The van der Waals surface area contributed by atoms with Crippen LogP contribution < -0.4 is 10.6 Å². The summed E-state index contributed by atoms with van der Waals surface area (Å²) in [5, 5.41) is 3.32. The molecule has 0 fully saturated rings. The summed E-state index contributed by atoms with van der Waals surface area (Å²) in [6, 6.07) is 8.06. The number of nitrogens with two attached hydrogens (primary N) is 1. The lowest BCUT2D eigenvalue weighted by Crippen LogP contribution is -2.24. The molecule has 1 aromatic heterocycles. The fourth-order valence-corrected chi connectivity index (χ4v) is 3.26. The van der Waals surface area contributed by atoms with Crippen LogP contribution in [0.3, 0.4) is 0 Å². The van der Waals surface area contributed by atoms with Gasteiger partial charge in [-0.2, -0.15) is 0 Å². The Kier molecular flexibility index (Phi) is 4.88. The van der Waals surface area contributed by atoms with Crippen LogP contribution in [0, 0.1) is 0 Å². The highest BCUT2D eigenvalue weighted by Crippen LogP contribution is 2.28. The molecule has 0 aliphatic rings. The molecule has 0 aliphatic carbocycles. The van der Waals surface area contributed by atoms with E-state index in [1.807, 2.05) is 18.2 Å². The van der Waals surface area contributed by atoms with Crippen LogP contribution >= 0.6 is 11.3 Å². The third-order valence-corrected chi connectivity index (χ3v) is 4.25. The molecule has 0 bridgehead atoms. The zero-order valence-electron chi connectivity index (χ0n) is 13.4. The number of anilines is 2. The first-order valence-corrected chi connectivity index (χ1v) is 8.34. The number of nitrogen functional groups attached to an aromatic ring is 1. The lowest BCUT2D eigenvalue weighted by Gasteiger charge is -2.24. The summed E-state index contributed by atoms with van der Waals surface area (Å²) in [5.41, 5.74) is 9.33. The minimum atomic E-state index is 0.107. The molecule has 0 amide bonds. The van der Waals surface area contributed by atoms with Gasteiger partial charge in [-0.05, 0) is 18.6 Å². The van der Waals surface area contributed by atoms with E-state index in [2.05, 4.69) is 44.0 Å². The van der Waals surface area contributed by atoms with Crippen LogP contribution in [0.1, 0.15) is 44.8 Å². The molecule has 1 aromatic carbocycles. The predicted octanol–water partition coefficient (Wildman–Crippen LogP) is 4.44. The van der Waals surface area contributed by atoms with E-state index in [9.17, 15) is 0 Å². The SMILES string of the molecule is CCCN(Cc1nc(C(C)(C)C)cs1)c1ccccc1N. The van der Waals surface area contributed by atoms with Crippen LogP contribution in [0.25, 0.3) is 0 Å². The van der Waals surface area contributed by atoms with E-state index in [0.29, 0.717) is 0 Å². The number of aromatic nitrogens is 1. The van der Waals surface area contributed by atoms with E-state index in [1.54, 1.807) is 11.3 Å². The number of nitrogens with zero attached hydrogens (tertiary/aromatic N) is 2. The molecule has 1 heterocycles. The van der Waals surface area contributed by atoms with Crippen molar-refractivity contribution in [1.82, 2.24) is 4.98 Å². The van der Waals surface area contributed by atoms with Gasteiger partial charge in [-0.3, -0.25) is 0 Å². The van der Waals surface area contributed by atoms with Crippen molar-refractivity contribution >= 4 is 22.7 Å². The Balaban J connectivity index is 2.21. The maximum atomic E-state index is 6.12. The first-order valence-electron chi connectivity index (χ1n) is 7.46. The summed E-state index contributed by atoms with van der Waals surface area (Å²) in [6.07, 6.45) is 1.09. The molecule has 0 saturated heterocycles. The first-order chi connectivity index (χ1) is 9.91. The molecule has 0 saturated carbocycles. The Morgan fingerprint density at radius 3 is 2.52 bits per heavy atom. The molecule has 0 radical (unpaired) electrons. The highest BCUT2D eigenvalue weighted by Gasteiger charge is 2.18. The average Bonchev–Trinajstić information content (AvgIpc) is 2.87. The molecule has 0 spiro atoms. The molecule has 114 valence electrons. The van der Waals surface area contributed by atoms with Crippen molar-refractivity contribution in [1.29, 1.82) is 0 Å². The first kappa shape index (κ1) is 15.8. The monoisotopic (exact) mass is 303 g/mol. The van der Waals surface area contributed by atoms with Crippen LogP contribution in [0.15, 0.2) is 29.6 Å². The number of hydrogen-bond acceptors (Lipinski definition) is 4. The van der Waals surface area contributed by atoms with Crippen molar-refractivity contribution in [3.8, 4) is 0 Å². The van der Waals surface area contributed by atoms with Crippen LogP contribution in [-0.2, 0) is 12.0 Å². The highest BCUT2D eigenvalue weighted by molar-refractivity contribution is 7.09. The molecule has 2 N–H and O–H groups in total. The lowest BCUT2D eigenvalue weighted by atomic mass is 9.93. The molecule has 2 rings (SSSR count). The van der Waals surface area contributed by atoms with Gasteiger partial charge in [-0.25, -0.2) is 4.98 Å². The Morgan fingerprint density at radius 1 is 1.24 bits per heavy atom. The molecule has 0 atom stereocenters. The zero-order chi connectivity index (χ0) is 15.5. The second-order valence-corrected chi connectivity index (χ2v) is 7.30. The minimum Gasteiger partial charge on any atom is -0.397 e. The van der Waals surface area contributed by atoms with E-state index in [4.69, 9.17) is 10.7 Å². The van der Waals surface area contributed by atoms with Crippen LogP contribution in [0.5, 0.6) is 0 Å². The van der Waals surface area contributed by atoms with Crippen molar-refractivity contribution in [2.75, 3.05) is 17.2 Å². The number of para-hydroxylation sites is 2. The van der Waals surface area contributed by atoms with Gasteiger partial charge in [0.05, 0.1) is 23.6 Å². The van der Waals surface area contributed by atoms with Crippen molar-refractivity contribution in [3.63, 3.8) is 0 Å². The Hall–Kier alpha value is -1.55. The van der Waals surface area contributed by atoms with Crippen LogP contribution in [0.2, 0.25) is 0 Å². The lowest BCUT2D eigenvalue weighted by molar-refractivity contribution is 0.570. The summed E-state index contributed by atoms with van der Waals surface area (Å²) < 4.78 is 0. The van der Waals surface area contributed by atoms with Gasteiger partial charge in [0.2, 0.25) is 0 Å². The molecule has 3 nitrogen and oxygen atoms in total. The topological polar surface area (TPSA) is 42.2 Å². The van der Waals surface area contributed by atoms with Gasteiger partial charge in [0.25, 0.3) is 0 Å². The molecular weight excluding hydrogens is 278 g/mol. The Bertz CT molecular complexity index is 584. The summed E-state index contributed by atoms with van der Waals surface area (Å²) >= 11 is 1.74. The summed E-state index contributed by atoms with van der Waals surface area (Å²) in [4.78, 5) is 7.11. The quantitative estimate of drug-likeness (QED) is 0.830. The number of thiazole rings is 1. The third-order valence-electron chi connectivity index (χ3n) is 3.42. The van der Waals surface area contributed by atoms with Gasteiger partial charge < -0.3 is 10.6 Å². The Morgan fingerprint density at radius 2 is 1.95 bits per heavy atom. The van der Waals surface area contributed by atoms with Crippen LogP contribution in [0.4, 0.5) is 11.4 Å². The Labute approximate surface area is 131 Å². The number of rotatable bonds is 5. The van der Waals surface area contributed by atoms with Gasteiger partial charge in [-0.15, -0.1) is 11.3 Å². The molecular formula is C17H25N3S. The van der Waals surface area contributed by atoms with E-state index < -0.39 is 0 Å². The van der Waals surface area contributed by atoms with Gasteiger partial charge in [0, 0.05) is 17.3 Å². The third kappa shape index (κ3) is 3.97. The predicted molar refractivity (Wildman–Crippen MR) is 93.0 cm³/mol. The van der Waals surface area contributed by atoms with Crippen molar-refractivity contribution in [3.05, 3.63) is 40.3 Å². The largest absolute Gasteiger partial charge is 0.397 e. The zero-order valence-corrected chi connectivity index (χ0v) is 14.2. The van der Waals surface area contributed by atoms with Gasteiger partial charge in [-0.1, -0.05) is 39.8 Å². The van der Waals surface area contributed by atoms with E-state index in [-0.39, 0.29) is 5.41 Å². The van der Waals surface area contributed by atoms with E-state index in [1.165, 1.54) is 5.69 Å². The normalized spacial score (nSPS) is 11.6. The maximum absolute atomic E-state index is 6.12. The standard InChI is InChI=1S/C17H25N3S/c1-5-10-20(14-9-7-6-8-13(14)18)11-16-19-15(12-21-16)17(2,3)4/h6-9,12H,5,10-11,18H2,1-4H3. The molecule has 4 heteroatoms. The molecule has 21 heavy (non-hydrogen) atoms. The fourth-order valence-electron chi connectivity index (χ4n) is 2.22. The molecule has 0 unspecified atom stereocenters. The second kappa shape index (κ2) is 6.48. The number of benzene rings is 1. The summed E-state index contributed by atoms with van der Waals surface area (Å²) in [5.74, 6) is 0. The van der Waals surface area contributed by atoms with Crippen molar-refractivity contribution in [2.24, 2.45) is 0 Å². The second-order valence-electron chi connectivity index (χ2n) is 6.36. The van der Waals surface area contributed by atoms with Crippen LogP contribution in [-0.4, -0.2) is 11.5 Å². The minimum absolute atomic E-state index is 0.107. The fraction of sp³-hybridized carbons (Fsp3) is 0.471. The highest BCUT2D eigenvalue weighted by atomic mass is 32.1. The van der Waals surface area contributed by atoms with E-state index >= 15 is 0 Å². The van der Waals surface area contributed by atoms with Gasteiger partial charge in [0.1, 0.15) is 5.01 Å².